The number of hydrogen-bond acceptors (Lipinski definition) is 6. The van der Waals surface area contributed by atoms with Crippen LogP contribution in [0.2, 0.25) is 0 Å². The first kappa shape index (κ1) is 19.4. The summed E-state index contributed by atoms with van der Waals surface area (Å²) in [5.74, 6) is 0.695. The molecule has 1 atom stereocenters. The van der Waals surface area contributed by atoms with Crippen LogP contribution >= 0.6 is 11.3 Å². The van der Waals surface area contributed by atoms with E-state index in [-0.39, 0.29) is 5.91 Å². The van der Waals surface area contributed by atoms with E-state index < -0.39 is 0 Å². The molecule has 156 valence electrons. The van der Waals surface area contributed by atoms with E-state index >= 15 is 0 Å². The predicted octanol–water partition coefficient (Wildman–Crippen LogP) is 3.12. The molecule has 5 rings (SSSR count). The fourth-order valence-electron chi connectivity index (χ4n) is 4.62. The lowest BCUT2D eigenvalue weighted by Crippen LogP contribution is -2.40. The minimum Gasteiger partial charge on any atom is -0.338 e. The third-order valence-corrected chi connectivity index (χ3v) is 6.91. The Bertz CT molecular complexity index is 986. The van der Waals surface area contributed by atoms with E-state index in [2.05, 4.69) is 25.1 Å². The van der Waals surface area contributed by atoms with Crippen molar-refractivity contribution in [1.82, 2.24) is 30.0 Å². The van der Waals surface area contributed by atoms with Crippen LogP contribution < -0.4 is 0 Å². The predicted molar refractivity (Wildman–Crippen MR) is 116 cm³/mol. The summed E-state index contributed by atoms with van der Waals surface area (Å²) in [6, 6.07) is 3.94. The van der Waals surface area contributed by atoms with Crippen LogP contribution in [0.25, 0.3) is 11.3 Å². The summed E-state index contributed by atoms with van der Waals surface area (Å²) in [5, 5.41) is 10.9. The van der Waals surface area contributed by atoms with Gasteiger partial charge in [-0.05, 0) is 37.4 Å². The van der Waals surface area contributed by atoms with Gasteiger partial charge in [-0.3, -0.25) is 19.8 Å². The zero-order chi connectivity index (χ0) is 20.3. The maximum atomic E-state index is 13.1. The van der Waals surface area contributed by atoms with Crippen molar-refractivity contribution in [1.29, 1.82) is 0 Å². The van der Waals surface area contributed by atoms with E-state index in [0.29, 0.717) is 18.9 Å². The number of likely N-dealkylation sites (tertiary alicyclic amines) is 1. The number of rotatable bonds is 5. The molecule has 3 aromatic rings. The van der Waals surface area contributed by atoms with Crippen molar-refractivity contribution in [2.45, 2.75) is 38.8 Å². The molecule has 1 saturated heterocycles. The van der Waals surface area contributed by atoms with E-state index in [1.807, 2.05) is 28.6 Å². The van der Waals surface area contributed by atoms with Crippen molar-refractivity contribution in [3.63, 3.8) is 0 Å². The third kappa shape index (κ3) is 4.15. The Hall–Kier alpha value is -2.58. The maximum absolute atomic E-state index is 13.1. The molecule has 5 heterocycles. The van der Waals surface area contributed by atoms with E-state index in [9.17, 15) is 4.79 Å². The van der Waals surface area contributed by atoms with Crippen molar-refractivity contribution < 1.29 is 4.79 Å². The quantitative estimate of drug-likeness (QED) is 0.684. The molecule has 0 aromatic carbocycles. The number of aromatic nitrogens is 4. The monoisotopic (exact) mass is 422 g/mol. The van der Waals surface area contributed by atoms with Crippen molar-refractivity contribution >= 4 is 17.2 Å². The molecule has 0 aliphatic carbocycles. The second kappa shape index (κ2) is 8.65. The summed E-state index contributed by atoms with van der Waals surface area (Å²) in [6.07, 6.45) is 9.18. The number of thiazole rings is 1. The molecule has 2 aliphatic rings. The molecule has 8 heteroatoms. The molecule has 1 fully saturated rings. The van der Waals surface area contributed by atoms with Crippen molar-refractivity contribution in [3.05, 3.63) is 52.4 Å². The highest BCUT2D eigenvalue weighted by atomic mass is 32.1. The number of hydrogen-bond donors (Lipinski definition) is 1. The molecule has 7 nitrogen and oxygen atoms in total. The molecule has 0 saturated carbocycles. The van der Waals surface area contributed by atoms with Crippen LogP contribution in [0.5, 0.6) is 0 Å². The van der Waals surface area contributed by atoms with Gasteiger partial charge in [0.05, 0.1) is 12.2 Å². The van der Waals surface area contributed by atoms with E-state index in [0.717, 1.165) is 73.0 Å². The van der Waals surface area contributed by atoms with Gasteiger partial charge in [0, 0.05) is 73.3 Å². The number of fused-ring (bicyclic) bond motifs is 1. The molecule has 0 bridgehead atoms. The Kier molecular flexibility index (Phi) is 5.59. The van der Waals surface area contributed by atoms with E-state index in [1.165, 1.54) is 0 Å². The molecule has 0 spiro atoms. The van der Waals surface area contributed by atoms with Crippen LogP contribution in [0.4, 0.5) is 0 Å². The number of pyridine rings is 1. The van der Waals surface area contributed by atoms with Crippen LogP contribution in [-0.2, 0) is 24.3 Å². The van der Waals surface area contributed by atoms with Gasteiger partial charge >= 0.3 is 0 Å². The SMILES string of the molecule is O=C(C[C@@H]1CCCN(Cc2nccs2)C1)N1CCc2[nH]nc(-c3ccncc3)c2C1. The standard InChI is InChI=1S/C22H26N6OS/c29-21(12-16-2-1-9-27(13-16)15-20-24-8-11-30-20)28-10-5-19-18(14-28)22(26-25-19)17-3-6-23-7-4-17/h3-4,6-8,11,16H,1-2,5,9-10,12-15H2,(H,25,26)/t16-/m0/s1. The topological polar surface area (TPSA) is 78.0 Å². The van der Waals surface area contributed by atoms with Crippen LogP contribution in [0.1, 0.15) is 35.5 Å². The van der Waals surface area contributed by atoms with Gasteiger partial charge in [0.1, 0.15) is 5.01 Å². The Labute approximate surface area is 180 Å². The fourth-order valence-corrected chi connectivity index (χ4v) is 5.27. The zero-order valence-corrected chi connectivity index (χ0v) is 17.8. The van der Waals surface area contributed by atoms with E-state index in [4.69, 9.17) is 0 Å². The van der Waals surface area contributed by atoms with Gasteiger partial charge in [0.25, 0.3) is 0 Å². The number of aromatic amines is 1. The Morgan fingerprint density at radius 3 is 2.97 bits per heavy atom. The van der Waals surface area contributed by atoms with Crippen LogP contribution in [0, 0.1) is 5.92 Å². The first-order chi connectivity index (χ1) is 14.8. The molecular formula is C22H26N6OS. The summed E-state index contributed by atoms with van der Waals surface area (Å²) in [5.41, 5.74) is 4.28. The minimum atomic E-state index is 0.267. The summed E-state index contributed by atoms with van der Waals surface area (Å²) in [7, 11) is 0. The number of carbonyl (C=O) groups is 1. The second-order valence-electron chi connectivity index (χ2n) is 8.20. The highest BCUT2D eigenvalue weighted by molar-refractivity contribution is 7.09. The molecule has 1 N–H and O–H groups in total. The summed E-state index contributed by atoms with van der Waals surface area (Å²) >= 11 is 1.71. The van der Waals surface area contributed by atoms with Crippen LogP contribution in [-0.4, -0.2) is 55.5 Å². The maximum Gasteiger partial charge on any atom is 0.223 e. The zero-order valence-electron chi connectivity index (χ0n) is 17.0. The van der Waals surface area contributed by atoms with Crippen LogP contribution in [0.15, 0.2) is 36.1 Å². The van der Waals surface area contributed by atoms with Gasteiger partial charge in [-0.15, -0.1) is 11.3 Å². The van der Waals surface area contributed by atoms with Gasteiger partial charge < -0.3 is 4.90 Å². The van der Waals surface area contributed by atoms with Crippen molar-refractivity contribution in [3.8, 4) is 11.3 Å². The molecule has 3 aromatic heterocycles. The average Bonchev–Trinajstić information content (AvgIpc) is 3.44. The number of nitrogens with zero attached hydrogens (tertiary/aromatic N) is 5. The van der Waals surface area contributed by atoms with Crippen molar-refractivity contribution in [2.75, 3.05) is 19.6 Å². The summed E-state index contributed by atoms with van der Waals surface area (Å²) in [6.45, 7) is 4.39. The molecule has 1 amide bonds. The lowest BCUT2D eigenvalue weighted by molar-refractivity contribution is -0.133. The first-order valence-electron chi connectivity index (χ1n) is 10.6. The third-order valence-electron chi connectivity index (χ3n) is 6.15. The number of amides is 1. The number of piperidine rings is 1. The average molecular weight is 423 g/mol. The van der Waals surface area contributed by atoms with E-state index in [1.54, 1.807) is 23.7 Å². The molecule has 30 heavy (non-hydrogen) atoms. The normalized spacial score (nSPS) is 19.6. The largest absolute Gasteiger partial charge is 0.338 e. The molecule has 0 unspecified atom stereocenters. The van der Waals surface area contributed by atoms with Gasteiger partial charge in [-0.2, -0.15) is 5.10 Å². The van der Waals surface area contributed by atoms with Gasteiger partial charge in [0.2, 0.25) is 5.91 Å². The fraction of sp³-hybridized carbons (Fsp3) is 0.455. The highest BCUT2D eigenvalue weighted by Gasteiger charge is 2.29. The first-order valence-corrected chi connectivity index (χ1v) is 11.5. The van der Waals surface area contributed by atoms with Gasteiger partial charge in [0.15, 0.2) is 0 Å². The minimum absolute atomic E-state index is 0.267. The second-order valence-corrected chi connectivity index (χ2v) is 9.18. The lowest BCUT2D eigenvalue weighted by atomic mass is 9.93. The number of H-pyrrole nitrogens is 1. The Morgan fingerprint density at radius 1 is 1.23 bits per heavy atom. The highest BCUT2D eigenvalue weighted by Crippen LogP contribution is 2.29. The van der Waals surface area contributed by atoms with Gasteiger partial charge in [-0.25, -0.2) is 4.98 Å². The smallest absolute Gasteiger partial charge is 0.223 e. The number of carbonyl (C=O) groups excluding carboxylic acids is 1. The number of nitrogens with one attached hydrogen (secondary N) is 1. The molecule has 2 aliphatic heterocycles. The summed E-state index contributed by atoms with van der Waals surface area (Å²) < 4.78 is 0. The molecule has 0 radical (unpaired) electrons. The Balaban J connectivity index is 1.22. The lowest BCUT2D eigenvalue weighted by Gasteiger charge is -2.34. The van der Waals surface area contributed by atoms with Crippen molar-refractivity contribution in [2.24, 2.45) is 5.92 Å². The van der Waals surface area contributed by atoms with Crippen LogP contribution in [0.3, 0.4) is 0 Å². The summed E-state index contributed by atoms with van der Waals surface area (Å²) in [4.78, 5) is 26.1. The molecular weight excluding hydrogens is 396 g/mol. The van der Waals surface area contributed by atoms with Gasteiger partial charge in [-0.1, -0.05) is 0 Å². The Morgan fingerprint density at radius 2 is 2.13 bits per heavy atom.